The Morgan fingerprint density at radius 3 is 1.57 bits per heavy atom. The molecule has 0 aliphatic carbocycles. The lowest BCUT2D eigenvalue weighted by molar-refractivity contribution is 0.122. The molecule has 4 rings (SSSR count). The van der Waals surface area contributed by atoms with Crippen LogP contribution in [-0.2, 0) is 4.74 Å². The lowest BCUT2D eigenvalue weighted by Gasteiger charge is -2.29. The first-order chi connectivity index (χ1) is 16.7. The Kier molecular flexibility index (Phi) is 11.9. The molecule has 1 saturated heterocycles. The molecule has 1 heterocycles. The molecule has 3 nitrogen and oxygen atoms in total. The monoisotopic (exact) mass is 474 g/mol. The van der Waals surface area contributed by atoms with Gasteiger partial charge in [0.15, 0.2) is 0 Å². The standard InChI is InChI=1S/C13H19NO.C10H14.C9H13N/c1-11(2)12-3-5-13(6-4-12)14-7-9-15-10-8-14;1-8(2)10-6-4-9(3)5-7-10;1-7(2)8-4-3-5-9(10)6-8/h3-6,11H,7-10H2,1-2H3;4-8H,1-3H3;3-7H,10H2,1-2H3. The van der Waals surface area contributed by atoms with E-state index in [0.717, 1.165) is 32.0 Å². The van der Waals surface area contributed by atoms with Gasteiger partial charge in [-0.1, -0.05) is 95.6 Å². The van der Waals surface area contributed by atoms with Crippen molar-refractivity contribution in [2.24, 2.45) is 0 Å². The first-order valence-corrected chi connectivity index (χ1v) is 13.0. The van der Waals surface area contributed by atoms with Crippen molar-refractivity contribution in [2.45, 2.75) is 66.2 Å². The second kappa shape index (κ2) is 14.6. The summed E-state index contributed by atoms with van der Waals surface area (Å²) in [7, 11) is 0. The van der Waals surface area contributed by atoms with Crippen molar-refractivity contribution in [2.75, 3.05) is 36.9 Å². The maximum atomic E-state index is 5.60. The van der Waals surface area contributed by atoms with Gasteiger partial charge in [-0.15, -0.1) is 0 Å². The summed E-state index contributed by atoms with van der Waals surface area (Å²) in [5, 5.41) is 0. The SMILES string of the molecule is CC(C)c1ccc(N2CCOCC2)cc1.CC(C)c1cccc(N)c1.Cc1ccc(C(C)C)cc1. The van der Waals surface area contributed by atoms with Crippen LogP contribution in [0.2, 0.25) is 0 Å². The molecule has 1 aliphatic rings. The first kappa shape index (κ1) is 28.5. The van der Waals surface area contributed by atoms with Gasteiger partial charge in [0.2, 0.25) is 0 Å². The molecule has 0 bridgehead atoms. The van der Waals surface area contributed by atoms with E-state index in [1.54, 1.807) is 0 Å². The van der Waals surface area contributed by atoms with E-state index < -0.39 is 0 Å². The number of hydrogen-bond donors (Lipinski definition) is 1. The van der Waals surface area contributed by atoms with Gasteiger partial charge in [-0.05, 0) is 65.6 Å². The summed E-state index contributed by atoms with van der Waals surface area (Å²) in [5.74, 6) is 1.84. The second-order valence-corrected chi connectivity index (χ2v) is 10.2. The molecule has 0 aromatic heterocycles. The van der Waals surface area contributed by atoms with Crippen molar-refractivity contribution < 1.29 is 4.74 Å². The third-order valence-corrected chi connectivity index (χ3v) is 6.26. The van der Waals surface area contributed by atoms with E-state index in [2.05, 4.69) is 108 Å². The highest BCUT2D eigenvalue weighted by molar-refractivity contribution is 5.48. The third kappa shape index (κ3) is 10.2. The van der Waals surface area contributed by atoms with Crippen molar-refractivity contribution in [1.82, 2.24) is 0 Å². The fraction of sp³-hybridized carbons (Fsp3) is 0.438. The summed E-state index contributed by atoms with van der Waals surface area (Å²) in [5.41, 5.74) is 13.2. The predicted octanol–water partition coefficient (Wildman–Crippen LogP) is 8.16. The Morgan fingerprint density at radius 2 is 1.14 bits per heavy atom. The van der Waals surface area contributed by atoms with Gasteiger partial charge in [0.1, 0.15) is 0 Å². The van der Waals surface area contributed by atoms with E-state index >= 15 is 0 Å². The molecule has 190 valence electrons. The molecule has 0 amide bonds. The highest BCUT2D eigenvalue weighted by atomic mass is 16.5. The molecule has 3 heteroatoms. The maximum Gasteiger partial charge on any atom is 0.0642 e. The number of aryl methyl sites for hydroxylation is 1. The number of morpholine rings is 1. The fourth-order valence-corrected chi connectivity index (χ4v) is 3.76. The summed E-state index contributed by atoms with van der Waals surface area (Å²) < 4.78 is 5.34. The molecule has 3 aromatic carbocycles. The molecule has 0 radical (unpaired) electrons. The quantitative estimate of drug-likeness (QED) is 0.388. The van der Waals surface area contributed by atoms with Crippen LogP contribution in [0.3, 0.4) is 0 Å². The number of benzene rings is 3. The Bertz CT molecular complexity index is 969. The largest absolute Gasteiger partial charge is 0.399 e. The number of ether oxygens (including phenoxy) is 1. The zero-order valence-electron chi connectivity index (χ0n) is 22.9. The summed E-state index contributed by atoms with van der Waals surface area (Å²) in [6.45, 7) is 19.1. The van der Waals surface area contributed by atoms with Crippen molar-refractivity contribution in [3.05, 3.63) is 95.1 Å². The zero-order valence-corrected chi connectivity index (χ0v) is 22.9. The number of nitrogen functional groups attached to an aromatic ring is 1. The van der Waals surface area contributed by atoms with E-state index in [-0.39, 0.29) is 0 Å². The van der Waals surface area contributed by atoms with E-state index in [4.69, 9.17) is 10.5 Å². The summed E-state index contributed by atoms with van der Waals surface area (Å²) >= 11 is 0. The van der Waals surface area contributed by atoms with Crippen molar-refractivity contribution in [1.29, 1.82) is 0 Å². The molecular formula is C32H46N2O. The minimum absolute atomic E-state index is 0.573. The van der Waals surface area contributed by atoms with E-state index in [1.165, 1.54) is 27.9 Å². The molecule has 2 N–H and O–H groups in total. The summed E-state index contributed by atoms with van der Waals surface area (Å²) in [6.07, 6.45) is 0. The molecule has 35 heavy (non-hydrogen) atoms. The normalized spacial score (nSPS) is 13.3. The zero-order chi connectivity index (χ0) is 25.8. The van der Waals surface area contributed by atoms with Crippen LogP contribution in [0.5, 0.6) is 0 Å². The number of hydrogen-bond acceptors (Lipinski definition) is 3. The van der Waals surface area contributed by atoms with Crippen LogP contribution in [-0.4, -0.2) is 26.3 Å². The van der Waals surface area contributed by atoms with Gasteiger partial charge in [-0.2, -0.15) is 0 Å². The first-order valence-electron chi connectivity index (χ1n) is 13.0. The number of nitrogens with two attached hydrogens (primary N) is 1. The maximum absolute atomic E-state index is 5.60. The van der Waals surface area contributed by atoms with Crippen molar-refractivity contribution in [3.8, 4) is 0 Å². The van der Waals surface area contributed by atoms with Gasteiger partial charge < -0.3 is 15.4 Å². The van der Waals surface area contributed by atoms with Crippen LogP contribution >= 0.6 is 0 Å². The van der Waals surface area contributed by atoms with Crippen LogP contribution in [0.25, 0.3) is 0 Å². The van der Waals surface area contributed by atoms with E-state index in [0.29, 0.717) is 17.8 Å². The predicted molar refractivity (Wildman–Crippen MR) is 154 cm³/mol. The third-order valence-electron chi connectivity index (χ3n) is 6.26. The number of anilines is 2. The molecule has 0 spiro atoms. The molecular weight excluding hydrogens is 428 g/mol. The van der Waals surface area contributed by atoms with Gasteiger partial charge in [0.05, 0.1) is 13.2 Å². The molecule has 0 unspecified atom stereocenters. The number of rotatable bonds is 4. The molecule has 3 aromatic rings. The Balaban J connectivity index is 0.000000192. The molecule has 0 saturated carbocycles. The average molecular weight is 475 g/mol. The summed E-state index contributed by atoms with van der Waals surface area (Å²) in [6, 6.07) is 25.6. The molecule has 0 atom stereocenters. The highest BCUT2D eigenvalue weighted by Crippen LogP contribution is 2.21. The van der Waals surface area contributed by atoms with Gasteiger partial charge in [-0.25, -0.2) is 0 Å². The molecule has 1 fully saturated rings. The summed E-state index contributed by atoms with van der Waals surface area (Å²) in [4.78, 5) is 2.38. The van der Waals surface area contributed by atoms with Crippen LogP contribution in [0, 0.1) is 6.92 Å². The average Bonchev–Trinajstić information content (AvgIpc) is 2.86. The molecule has 1 aliphatic heterocycles. The van der Waals surface area contributed by atoms with Crippen molar-refractivity contribution >= 4 is 11.4 Å². The highest BCUT2D eigenvalue weighted by Gasteiger charge is 2.10. The van der Waals surface area contributed by atoms with E-state index in [1.807, 2.05) is 18.2 Å². The van der Waals surface area contributed by atoms with Gasteiger partial charge >= 0.3 is 0 Å². The minimum atomic E-state index is 0.573. The van der Waals surface area contributed by atoms with Gasteiger partial charge in [-0.3, -0.25) is 0 Å². The Morgan fingerprint density at radius 1 is 0.657 bits per heavy atom. The minimum Gasteiger partial charge on any atom is -0.399 e. The van der Waals surface area contributed by atoms with Crippen molar-refractivity contribution in [3.63, 3.8) is 0 Å². The van der Waals surface area contributed by atoms with Gasteiger partial charge in [0, 0.05) is 24.5 Å². The number of nitrogens with zero attached hydrogens (tertiary/aromatic N) is 1. The topological polar surface area (TPSA) is 38.5 Å². The van der Waals surface area contributed by atoms with Crippen LogP contribution in [0.4, 0.5) is 11.4 Å². The van der Waals surface area contributed by atoms with Crippen LogP contribution < -0.4 is 10.6 Å². The fourth-order valence-electron chi connectivity index (χ4n) is 3.76. The Labute approximate surface area is 214 Å². The second-order valence-electron chi connectivity index (χ2n) is 10.2. The van der Waals surface area contributed by atoms with E-state index in [9.17, 15) is 0 Å². The lowest BCUT2D eigenvalue weighted by Crippen LogP contribution is -2.36. The van der Waals surface area contributed by atoms with Gasteiger partial charge in [0.25, 0.3) is 0 Å². The smallest absolute Gasteiger partial charge is 0.0642 e. The Hall–Kier alpha value is -2.78. The van der Waals surface area contributed by atoms with Crippen LogP contribution in [0.15, 0.2) is 72.8 Å². The lowest BCUT2D eigenvalue weighted by atomic mass is 10.0. The van der Waals surface area contributed by atoms with Crippen LogP contribution in [0.1, 0.15) is 81.5 Å².